The Morgan fingerprint density at radius 3 is 2.95 bits per heavy atom. The fourth-order valence-corrected chi connectivity index (χ4v) is 3.39. The molecule has 1 N–H and O–H groups in total. The highest BCUT2D eigenvalue weighted by Gasteiger charge is 2.22. The molecule has 0 amide bonds. The molecule has 1 aliphatic carbocycles. The van der Waals surface area contributed by atoms with Gasteiger partial charge < -0.3 is 14.8 Å². The van der Waals surface area contributed by atoms with E-state index >= 15 is 0 Å². The summed E-state index contributed by atoms with van der Waals surface area (Å²) in [5.74, 6) is 0.977. The minimum absolute atomic E-state index is 0.216. The molecule has 1 atom stereocenters. The van der Waals surface area contributed by atoms with E-state index in [1.165, 1.54) is 37.7 Å². The van der Waals surface area contributed by atoms with Gasteiger partial charge in [-0.25, -0.2) is 0 Å². The number of rotatable bonds is 6. The molecule has 0 radical (unpaired) electrons. The molecular weight excluding hydrogens is 286 g/mol. The molecule has 3 rings (SSSR count). The highest BCUT2D eigenvalue weighted by Crippen LogP contribution is 2.30. The molecule has 1 saturated carbocycles. The lowest BCUT2D eigenvalue weighted by atomic mass is 9.98. The lowest BCUT2D eigenvalue weighted by Gasteiger charge is -2.22. The third-order valence-corrected chi connectivity index (χ3v) is 4.56. The molecule has 0 spiro atoms. The van der Waals surface area contributed by atoms with Crippen molar-refractivity contribution in [3.8, 4) is 5.75 Å². The van der Waals surface area contributed by atoms with E-state index in [1.807, 2.05) is 18.2 Å². The van der Waals surface area contributed by atoms with Crippen molar-refractivity contribution in [1.29, 1.82) is 0 Å². The largest absolute Gasteiger partial charge is 0.488 e. The Kier molecular flexibility index (Phi) is 5.39. The van der Waals surface area contributed by atoms with Gasteiger partial charge in [0.2, 0.25) is 0 Å². The van der Waals surface area contributed by atoms with Gasteiger partial charge in [-0.2, -0.15) is 0 Å². The molecule has 21 heavy (non-hydrogen) atoms. The Hall–Kier alpha value is -0.770. The molecule has 1 heterocycles. The highest BCUT2D eigenvalue weighted by atomic mass is 35.5. The Balaban J connectivity index is 1.30. The summed E-state index contributed by atoms with van der Waals surface area (Å²) < 4.78 is 11.8. The van der Waals surface area contributed by atoms with Crippen molar-refractivity contribution in [3.05, 3.63) is 28.8 Å². The van der Waals surface area contributed by atoms with Crippen molar-refractivity contribution >= 4 is 11.6 Å². The molecule has 0 bridgehead atoms. The SMILES string of the molecule is Clc1ccc2c(c1)CC(CNCCOC1CCCCC1)O2. The van der Waals surface area contributed by atoms with Crippen molar-refractivity contribution in [3.63, 3.8) is 0 Å². The van der Waals surface area contributed by atoms with E-state index in [1.54, 1.807) is 0 Å². The molecule has 1 aromatic carbocycles. The second-order valence-corrected chi connectivity index (χ2v) is 6.47. The first-order valence-corrected chi connectivity index (χ1v) is 8.46. The monoisotopic (exact) mass is 309 g/mol. The van der Waals surface area contributed by atoms with Crippen LogP contribution >= 0.6 is 11.6 Å². The van der Waals surface area contributed by atoms with Crippen LogP contribution in [0.1, 0.15) is 37.7 Å². The number of hydrogen-bond acceptors (Lipinski definition) is 3. The van der Waals surface area contributed by atoms with Gasteiger partial charge in [-0.05, 0) is 36.6 Å². The Morgan fingerprint density at radius 2 is 2.10 bits per heavy atom. The van der Waals surface area contributed by atoms with Gasteiger partial charge in [-0.1, -0.05) is 30.9 Å². The zero-order chi connectivity index (χ0) is 14.5. The maximum absolute atomic E-state index is 6.00. The standard InChI is InChI=1S/C17H24ClNO2/c18-14-6-7-17-13(10-14)11-16(21-17)12-19-8-9-20-15-4-2-1-3-5-15/h6-7,10,15-16,19H,1-5,8-9,11-12H2. The van der Waals surface area contributed by atoms with Crippen molar-refractivity contribution in [2.75, 3.05) is 19.7 Å². The average Bonchev–Trinajstić information content (AvgIpc) is 2.90. The van der Waals surface area contributed by atoms with E-state index in [4.69, 9.17) is 21.1 Å². The summed E-state index contributed by atoms with van der Waals surface area (Å²) in [6.07, 6.45) is 8.16. The molecular formula is C17H24ClNO2. The smallest absolute Gasteiger partial charge is 0.123 e. The van der Waals surface area contributed by atoms with Crippen molar-refractivity contribution in [2.45, 2.75) is 50.7 Å². The summed E-state index contributed by atoms with van der Waals surface area (Å²) >= 11 is 6.00. The predicted octanol–water partition coefficient (Wildman–Crippen LogP) is 3.58. The zero-order valence-corrected chi connectivity index (χ0v) is 13.2. The number of nitrogens with one attached hydrogen (secondary N) is 1. The van der Waals surface area contributed by atoms with Gasteiger partial charge in [0.1, 0.15) is 11.9 Å². The minimum Gasteiger partial charge on any atom is -0.488 e. The second-order valence-electron chi connectivity index (χ2n) is 6.03. The maximum atomic E-state index is 6.00. The van der Waals surface area contributed by atoms with E-state index in [0.29, 0.717) is 6.10 Å². The van der Waals surface area contributed by atoms with Crippen LogP contribution in [0.5, 0.6) is 5.75 Å². The molecule has 1 fully saturated rings. The number of halogens is 1. The van der Waals surface area contributed by atoms with Crippen LogP contribution in [0, 0.1) is 0 Å². The fourth-order valence-electron chi connectivity index (χ4n) is 3.20. The lowest BCUT2D eigenvalue weighted by Crippen LogP contribution is -2.33. The summed E-state index contributed by atoms with van der Waals surface area (Å²) in [6, 6.07) is 5.85. The van der Waals surface area contributed by atoms with Crippen LogP contribution in [0.3, 0.4) is 0 Å². The van der Waals surface area contributed by atoms with E-state index in [-0.39, 0.29) is 6.10 Å². The summed E-state index contributed by atoms with van der Waals surface area (Å²) in [4.78, 5) is 0. The normalized spacial score (nSPS) is 22.0. The number of ether oxygens (including phenoxy) is 2. The van der Waals surface area contributed by atoms with Gasteiger partial charge >= 0.3 is 0 Å². The molecule has 1 aliphatic heterocycles. The topological polar surface area (TPSA) is 30.5 Å². The average molecular weight is 310 g/mol. The first-order chi connectivity index (χ1) is 10.3. The van der Waals surface area contributed by atoms with Crippen LogP contribution in [0.4, 0.5) is 0 Å². The van der Waals surface area contributed by atoms with E-state index < -0.39 is 0 Å². The lowest BCUT2D eigenvalue weighted by molar-refractivity contribution is 0.0296. The van der Waals surface area contributed by atoms with Gasteiger partial charge in [0.25, 0.3) is 0 Å². The third kappa shape index (κ3) is 4.35. The number of fused-ring (bicyclic) bond motifs is 1. The summed E-state index contributed by atoms with van der Waals surface area (Å²) in [6.45, 7) is 2.56. The van der Waals surface area contributed by atoms with Crippen molar-refractivity contribution in [1.82, 2.24) is 5.32 Å². The van der Waals surface area contributed by atoms with Crippen molar-refractivity contribution < 1.29 is 9.47 Å². The summed E-state index contributed by atoms with van der Waals surface area (Å²) in [5, 5.41) is 4.22. The van der Waals surface area contributed by atoms with E-state index in [0.717, 1.165) is 36.9 Å². The summed E-state index contributed by atoms with van der Waals surface area (Å²) in [5.41, 5.74) is 1.22. The van der Waals surface area contributed by atoms with Gasteiger partial charge in [0, 0.05) is 24.5 Å². The highest BCUT2D eigenvalue weighted by molar-refractivity contribution is 6.30. The van der Waals surface area contributed by atoms with Gasteiger partial charge in [0.05, 0.1) is 12.7 Å². The Labute approximate surface area is 132 Å². The van der Waals surface area contributed by atoms with Gasteiger partial charge in [-0.3, -0.25) is 0 Å². The maximum Gasteiger partial charge on any atom is 0.123 e. The number of benzene rings is 1. The molecule has 0 aromatic heterocycles. The van der Waals surface area contributed by atoms with E-state index in [9.17, 15) is 0 Å². The van der Waals surface area contributed by atoms with Crippen LogP contribution in [0.2, 0.25) is 5.02 Å². The van der Waals surface area contributed by atoms with Crippen molar-refractivity contribution in [2.24, 2.45) is 0 Å². The van der Waals surface area contributed by atoms with Gasteiger partial charge in [-0.15, -0.1) is 0 Å². The first-order valence-electron chi connectivity index (χ1n) is 8.08. The fraction of sp³-hybridized carbons (Fsp3) is 0.647. The molecule has 0 saturated heterocycles. The second kappa shape index (κ2) is 7.48. The Bertz CT molecular complexity index is 460. The first kappa shape index (κ1) is 15.1. The molecule has 4 heteroatoms. The molecule has 116 valence electrons. The van der Waals surface area contributed by atoms with Crippen LogP contribution in [-0.2, 0) is 11.2 Å². The van der Waals surface area contributed by atoms with Crippen LogP contribution < -0.4 is 10.1 Å². The minimum atomic E-state index is 0.216. The summed E-state index contributed by atoms with van der Waals surface area (Å²) in [7, 11) is 0. The van der Waals surface area contributed by atoms with Crippen LogP contribution in [0.15, 0.2) is 18.2 Å². The van der Waals surface area contributed by atoms with Gasteiger partial charge in [0.15, 0.2) is 0 Å². The predicted molar refractivity (Wildman–Crippen MR) is 85.3 cm³/mol. The molecule has 2 aliphatic rings. The zero-order valence-electron chi connectivity index (χ0n) is 12.4. The Morgan fingerprint density at radius 1 is 1.24 bits per heavy atom. The van der Waals surface area contributed by atoms with Crippen LogP contribution in [0.25, 0.3) is 0 Å². The molecule has 1 unspecified atom stereocenters. The third-order valence-electron chi connectivity index (χ3n) is 4.32. The molecule has 3 nitrogen and oxygen atoms in total. The quantitative estimate of drug-likeness (QED) is 0.815. The molecule has 1 aromatic rings. The number of hydrogen-bond donors (Lipinski definition) is 1. The van der Waals surface area contributed by atoms with E-state index in [2.05, 4.69) is 5.32 Å². The van der Waals surface area contributed by atoms with Crippen LogP contribution in [-0.4, -0.2) is 31.9 Å².